The molecule has 0 bridgehead atoms. The highest BCUT2D eigenvalue weighted by Gasteiger charge is 2.10. The van der Waals surface area contributed by atoms with Crippen molar-refractivity contribution in [3.63, 3.8) is 0 Å². The average Bonchev–Trinajstić information content (AvgIpc) is 2.74. The van der Waals surface area contributed by atoms with Gasteiger partial charge in [-0.3, -0.25) is 9.59 Å². The van der Waals surface area contributed by atoms with Crippen LogP contribution in [0.15, 0.2) is 77.7 Å². The van der Waals surface area contributed by atoms with E-state index in [2.05, 4.69) is 10.6 Å². The fraction of sp³-hybridized carbons (Fsp3) is 0.130. The van der Waals surface area contributed by atoms with Crippen molar-refractivity contribution in [3.05, 3.63) is 83.4 Å². The maximum Gasteiger partial charge on any atom is 0.255 e. The van der Waals surface area contributed by atoms with Gasteiger partial charge in [0.1, 0.15) is 5.75 Å². The maximum absolute atomic E-state index is 12.4. The molecule has 0 spiro atoms. The number of carbonyl (C=O) groups is 2. The second-order valence-electron chi connectivity index (χ2n) is 6.26. The number of benzene rings is 3. The Bertz CT molecular complexity index is 1040. The van der Waals surface area contributed by atoms with Crippen LogP contribution in [0, 0.1) is 0 Å². The number of carbonyl (C=O) groups excluding carboxylic acids is 2. The lowest BCUT2D eigenvalue weighted by atomic mass is 10.2. The van der Waals surface area contributed by atoms with Crippen molar-refractivity contribution < 1.29 is 14.3 Å². The molecule has 3 rings (SSSR count). The zero-order chi connectivity index (χ0) is 21.3. The summed E-state index contributed by atoms with van der Waals surface area (Å²) in [6.45, 7) is 2.42. The van der Waals surface area contributed by atoms with E-state index in [1.165, 1.54) is 11.8 Å². The van der Waals surface area contributed by atoms with Crippen LogP contribution < -0.4 is 15.4 Å². The van der Waals surface area contributed by atoms with Crippen LogP contribution in [0.25, 0.3) is 0 Å². The van der Waals surface area contributed by atoms with Gasteiger partial charge in [0.2, 0.25) is 5.91 Å². The number of anilines is 2. The van der Waals surface area contributed by atoms with Gasteiger partial charge in [-0.05, 0) is 55.5 Å². The standard InChI is InChI=1S/C23H21ClN2O3S/c1-2-29-21-12-4-3-11-20(21)26-22(27)15-30-19-10-6-9-18(14-19)25-23(28)16-7-5-8-17(24)13-16/h3-14H,2,15H2,1H3,(H,25,28)(H,26,27). The van der Waals surface area contributed by atoms with Crippen LogP contribution >= 0.6 is 23.4 Å². The maximum atomic E-state index is 12.4. The molecule has 0 heterocycles. The van der Waals surface area contributed by atoms with E-state index in [1.807, 2.05) is 43.3 Å². The molecule has 2 N–H and O–H groups in total. The molecule has 30 heavy (non-hydrogen) atoms. The molecule has 0 radical (unpaired) electrons. The Balaban J connectivity index is 1.58. The van der Waals surface area contributed by atoms with E-state index in [4.69, 9.17) is 16.3 Å². The lowest BCUT2D eigenvalue weighted by molar-refractivity contribution is -0.113. The summed E-state index contributed by atoms with van der Waals surface area (Å²) in [4.78, 5) is 25.6. The molecule has 0 saturated heterocycles. The van der Waals surface area contributed by atoms with E-state index < -0.39 is 0 Å². The number of rotatable bonds is 8. The molecule has 2 amide bonds. The molecular weight excluding hydrogens is 420 g/mol. The Hall–Kier alpha value is -2.96. The van der Waals surface area contributed by atoms with Crippen LogP contribution in [0.4, 0.5) is 11.4 Å². The Morgan fingerprint density at radius 1 is 0.967 bits per heavy atom. The highest BCUT2D eigenvalue weighted by molar-refractivity contribution is 8.00. The molecule has 3 aromatic rings. The summed E-state index contributed by atoms with van der Waals surface area (Å²) in [6, 6.07) is 21.4. The molecular formula is C23H21ClN2O3S. The fourth-order valence-corrected chi connectivity index (χ4v) is 3.63. The second-order valence-corrected chi connectivity index (χ2v) is 7.74. The third kappa shape index (κ3) is 6.27. The van der Waals surface area contributed by atoms with Crippen LogP contribution in [-0.4, -0.2) is 24.2 Å². The van der Waals surface area contributed by atoms with Crippen LogP contribution in [0.5, 0.6) is 5.75 Å². The number of hydrogen-bond donors (Lipinski definition) is 2. The van der Waals surface area contributed by atoms with Gasteiger partial charge in [-0.2, -0.15) is 0 Å². The molecule has 0 unspecified atom stereocenters. The zero-order valence-corrected chi connectivity index (χ0v) is 17.9. The molecule has 3 aromatic carbocycles. The van der Waals surface area contributed by atoms with Gasteiger partial charge in [-0.1, -0.05) is 35.9 Å². The van der Waals surface area contributed by atoms with Gasteiger partial charge in [-0.15, -0.1) is 11.8 Å². The molecule has 154 valence electrons. The number of thioether (sulfide) groups is 1. The molecule has 0 saturated carbocycles. The SMILES string of the molecule is CCOc1ccccc1NC(=O)CSc1cccc(NC(=O)c2cccc(Cl)c2)c1. The number of nitrogens with one attached hydrogen (secondary N) is 2. The van der Waals surface area contributed by atoms with Crippen molar-refractivity contribution in [2.45, 2.75) is 11.8 Å². The number of hydrogen-bond acceptors (Lipinski definition) is 4. The van der Waals surface area contributed by atoms with Gasteiger partial charge in [0.25, 0.3) is 5.91 Å². The summed E-state index contributed by atoms with van der Waals surface area (Å²) in [5, 5.41) is 6.22. The van der Waals surface area contributed by atoms with Gasteiger partial charge >= 0.3 is 0 Å². The van der Waals surface area contributed by atoms with E-state index in [0.717, 1.165) is 4.90 Å². The van der Waals surface area contributed by atoms with Crippen molar-refractivity contribution in [2.75, 3.05) is 23.0 Å². The molecule has 0 aliphatic carbocycles. The predicted molar refractivity (Wildman–Crippen MR) is 123 cm³/mol. The Labute approximate surface area is 184 Å². The van der Waals surface area contributed by atoms with Gasteiger partial charge in [0.05, 0.1) is 18.0 Å². The number of ether oxygens (including phenoxy) is 1. The molecule has 0 fully saturated rings. The summed E-state index contributed by atoms with van der Waals surface area (Å²) in [5.74, 6) is 0.487. The second kappa shape index (κ2) is 10.7. The molecule has 0 atom stereocenters. The first kappa shape index (κ1) is 21.7. The van der Waals surface area contributed by atoms with Crippen LogP contribution in [-0.2, 0) is 4.79 Å². The molecule has 7 heteroatoms. The Morgan fingerprint density at radius 3 is 2.57 bits per heavy atom. The number of halogens is 1. The van der Waals surface area contributed by atoms with Crippen molar-refractivity contribution in [3.8, 4) is 5.75 Å². The van der Waals surface area contributed by atoms with E-state index in [1.54, 1.807) is 36.4 Å². The molecule has 0 aliphatic heterocycles. The number of para-hydroxylation sites is 2. The normalized spacial score (nSPS) is 10.3. The summed E-state index contributed by atoms with van der Waals surface area (Å²) in [5.41, 5.74) is 1.77. The van der Waals surface area contributed by atoms with Gasteiger partial charge in [0, 0.05) is 21.2 Å². The topological polar surface area (TPSA) is 67.4 Å². The minimum atomic E-state index is -0.245. The van der Waals surface area contributed by atoms with E-state index in [9.17, 15) is 9.59 Å². The zero-order valence-electron chi connectivity index (χ0n) is 16.4. The summed E-state index contributed by atoms with van der Waals surface area (Å²) in [6.07, 6.45) is 0. The summed E-state index contributed by atoms with van der Waals surface area (Å²) < 4.78 is 5.53. The highest BCUT2D eigenvalue weighted by atomic mass is 35.5. The first-order valence-corrected chi connectivity index (χ1v) is 10.7. The summed E-state index contributed by atoms with van der Waals surface area (Å²) in [7, 11) is 0. The third-order valence-electron chi connectivity index (χ3n) is 4.01. The lowest BCUT2D eigenvalue weighted by Gasteiger charge is -2.11. The number of amides is 2. The fourth-order valence-electron chi connectivity index (χ4n) is 2.68. The molecule has 5 nitrogen and oxygen atoms in total. The Morgan fingerprint density at radius 2 is 1.77 bits per heavy atom. The van der Waals surface area contributed by atoms with Crippen molar-refractivity contribution in [2.24, 2.45) is 0 Å². The minimum absolute atomic E-state index is 0.138. The van der Waals surface area contributed by atoms with Crippen molar-refractivity contribution in [1.29, 1.82) is 0 Å². The van der Waals surface area contributed by atoms with Crippen LogP contribution in [0.2, 0.25) is 5.02 Å². The van der Waals surface area contributed by atoms with E-state index >= 15 is 0 Å². The average molecular weight is 441 g/mol. The van der Waals surface area contributed by atoms with Gasteiger partial charge in [0.15, 0.2) is 0 Å². The van der Waals surface area contributed by atoms with E-state index in [0.29, 0.717) is 34.3 Å². The largest absolute Gasteiger partial charge is 0.492 e. The van der Waals surface area contributed by atoms with Crippen LogP contribution in [0.3, 0.4) is 0 Å². The lowest BCUT2D eigenvalue weighted by Crippen LogP contribution is -2.15. The van der Waals surface area contributed by atoms with Crippen molar-refractivity contribution >= 4 is 46.6 Å². The highest BCUT2D eigenvalue weighted by Crippen LogP contribution is 2.26. The Kier molecular flexibility index (Phi) is 7.76. The summed E-state index contributed by atoms with van der Waals surface area (Å²) >= 11 is 7.33. The van der Waals surface area contributed by atoms with E-state index in [-0.39, 0.29) is 17.6 Å². The predicted octanol–water partition coefficient (Wildman–Crippen LogP) is 5.72. The van der Waals surface area contributed by atoms with Crippen molar-refractivity contribution in [1.82, 2.24) is 0 Å². The smallest absolute Gasteiger partial charge is 0.255 e. The molecule has 0 aromatic heterocycles. The molecule has 0 aliphatic rings. The first-order valence-electron chi connectivity index (χ1n) is 9.36. The van der Waals surface area contributed by atoms with Crippen LogP contribution in [0.1, 0.15) is 17.3 Å². The van der Waals surface area contributed by atoms with Gasteiger partial charge < -0.3 is 15.4 Å². The quantitative estimate of drug-likeness (QED) is 0.439. The monoisotopic (exact) mass is 440 g/mol. The first-order chi connectivity index (χ1) is 14.5. The minimum Gasteiger partial charge on any atom is -0.492 e. The third-order valence-corrected chi connectivity index (χ3v) is 5.24. The van der Waals surface area contributed by atoms with Gasteiger partial charge in [-0.25, -0.2) is 0 Å².